The molecular weight excluding hydrogens is 164 g/mol. The van der Waals surface area contributed by atoms with Gasteiger partial charge in [0.25, 0.3) is 0 Å². The smallest absolute Gasteiger partial charge is 0.239 e. The average Bonchev–Trinajstić information content (AvgIpc) is 2.85. The number of nitrogens with zero attached hydrogens (tertiary/aromatic N) is 1. The van der Waals surface area contributed by atoms with Crippen LogP contribution in [0.3, 0.4) is 0 Å². The molecule has 1 rings (SSSR count). The maximum Gasteiger partial charge on any atom is 0.239 e. The van der Waals surface area contributed by atoms with Crippen molar-refractivity contribution in [3.63, 3.8) is 0 Å². The van der Waals surface area contributed by atoms with Crippen molar-refractivity contribution in [3.05, 3.63) is 0 Å². The highest BCUT2D eigenvalue weighted by Gasteiger charge is 2.27. The van der Waals surface area contributed by atoms with E-state index in [1.54, 1.807) is 4.90 Å². The molecule has 13 heavy (non-hydrogen) atoms. The topological polar surface area (TPSA) is 46.3 Å². The van der Waals surface area contributed by atoms with E-state index >= 15 is 0 Å². The molecule has 0 unspecified atom stereocenters. The van der Waals surface area contributed by atoms with Gasteiger partial charge in [-0.25, -0.2) is 0 Å². The second-order valence-corrected chi connectivity index (χ2v) is 4.43. The summed E-state index contributed by atoms with van der Waals surface area (Å²) in [6.45, 7) is 4.85. The lowest BCUT2D eigenvalue weighted by atomic mass is 10.0. The van der Waals surface area contributed by atoms with E-state index in [1.165, 1.54) is 12.8 Å². The van der Waals surface area contributed by atoms with Crippen molar-refractivity contribution in [1.29, 1.82) is 0 Å². The van der Waals surface area contributed by atoms with Gasteiger partial charge in [0.15, 0.2) is 0 Å². The Morgan fingerprint density at radius 1 is 1.54 bits per heavy atom. The first-order chi connectivity index (χ1) is 6.02. The second-order valence-electron chi connectivity index (χ2n) is 4.43. The maximum atomic E-state index is 11.6. The molecule has 1 amide bonds. The summed E-state index contributed by atoms with van der Waals surface area (Å²) in [5.41, 5.74) is 5.77. The van der Waals surface area contributed by atoms with E-state index in [4.69, 9.17) is 5.73 Å². The van der Waals surface area contributed by atoms with Crippen LogP contribution in [0.5, 0.6) is 0 Å². The van der Waals surface area contributed by atoms with Crippen molar-refractivity contribution in [2.75, 3.05) is 13.6 Å². The first kappa shape index (κ1) is 10.5. The number of carbonyl (C=O) groups is 1. The van der Waals surface area contributed by atoms with Crippen molar-refractivity contribution in [2.45, 2.75) is 32.7 Å². The van der Waals surface area contributed by atoms with Crippen LogP contribution >= 0.6 is 0 Å². The van der Waals surface area contributed by atoms with Crippen molar-refractivity contribution in [1.82, 2.24) is 4.90 Å². The molecule has 0 radical (unpaired) electrons. The summed E-state index contributed by atoms with van der Waals surface area (Å²) in [5, 5.41) is 0. The van der Waals surface area contributed by atoms with Gasteiger partial charge in [-0.15, -0.1) is 0 Å². The lowest BCUT2D eigenvalue weighted by Crippen LogP contribution is -2.45. The Bertz CT molecular complexity index is 187. The molecule has 1 saturated carbocycles. The van der Waals surface area contributed by atoms with Crippen LogP contribution in [0.4, 0.5) is 0 Å². The monoisotopic (exact) mass is 184 g/mol. The SMILES string of the molecule is CC(C)[C@H](N)C(=O)N(C)CC1CC1. The van der Waals surface area contributed by atoms with Gasteiger partial charge < -0.3 is 10.6 Å². The molecule has 1 aliphatic carbocycles. The third kappa shape index (κ3) is 2.99. The molecule has 1 atom stereocenters. The average molecular weight is 184 g/mol. The minimum atomic E-state index is -0.330. The summed E-state index contributed by atoms with van der Waals surface area (Å²) < 4.78 is 0. The minimum absolute atomic E-state index is 0.0851. The molecule has 0 heterocycles. The second kappa shape index (κ2) is 4.09. The number of rotatable bonds is 4. The zero-order chi connectivity index (χ0) is 10.0. The molecule has 0 aromatic carbocycles. The highest BCUT2D eigenvalue weighted by atomic mass is 16.2. The van der Waals surface area contributed by atoms with Crippen molar-refractivity contribution < 1.29 is 4.79 Å². The van der Waals surface area contributed by atoms with E-state index in [2.05, 4.69) is 0 Å². The molecule has 0 saturated heterocycles. The van der Waals surface area contributed by atoms with E-state index in [0.717, 1.165) is 12.5 Å². The Hall–Kier alpha value is -0.570. The fourth-order valence-corrected chi connectivity index (χ4v) is 1.32. The predicted octanol–water partition coefficient (Wildman–Crippen LogP) is 0.838. The molecule has 3 nitrogen and oxygen atoms in total. The van der Waals surface area contributed by atoms with Crippen LogP contribution in [0.25, 0.3) is 0 Å². The molecule has 0 aromatic rings. The minimum Gasteiger partial charge on any atom is -0.344 e. The molecule has 3 heteroatoms. The summed E-state index contributed by atoms with van der Waals surface area (Å²) in [5.74, 6) is 1.06. The largest absolute Gasteiger partial charge is 0.344 e. The van der Waals surface area contributed by atoms with Gasteiger partial charge in [-0.3, -0.25) is 4.79 Å². The van der Waals surface area contributed by atoms with Gasteiger partial charge in [0.2, 0.25) is 5.91 Å². The van der Waals surface area contributed by atoms with Gasteiger partial charge >= 0.3 is 0 Å². The molecule has 0 bridgehead atoms. The Morgan fingerprint density at radius 3 is 2.46 bits per heavy atom. The predicted molar refractivity (Wildman–Crippen MR) is 53.2 cm³/mol. The van der Waals surface area contributed by atoms with Gasteiger partial charge in [-0.2, -0.15) is 0 Å². The van der Waals surface area contributed by atoms with Gasteiger partial charge in [0.05, 0.1) is 6.04 Å². The molecular formula is C10H20N2O. The van der Waals surface area contributed by atoms with E-state index < -0.39 is 0 Å². The number of hydrogen-bond acceptors (Lipinski definition) is 2. The standard InChI is InChI=1S/C10H20N2O/c1-7(2)9(11)10(13)12(3)6-8-4-5-8/h7-9H,4-6,11H2,1-3H3/t9-/m0/s1. The van der Waals surface area contributed by atoms with Crippen LogP contribution in [0.15, 0.2) is 0 Å². The third-order valence-electron chi connectivity index (χ3n) is 2.61. The highest BCUT2D eigenvalue weighted by Crippen LogP contribution is 2.29. The van der Waals surface area contributed by atoms with Crippen LogP contribution in [0.1, 0.15) is 26.7 Å². The Kier molecular flexibility index (Phi) is 3.31. The lowest BCUT2D eigenvalue weighted by molar-refractivity contribution is -0.132. The van der Waals surface area contributed by atoms with E-state index in [0.29, 0.717) is 0 Å². The molecule has 1 fully saturated rings. The number of amides is 1. The first-order valence-corrected chi connectivity index (χ1v) is 5.03. The summed E-state index contributed by atoms with van der Waals surface area (Å²) in [6, 6.07) is -0.330. The first-order valence-electron chi connectivity index (χ1n) is 5.03. The van der Waals surface area contributed by atoms with Gasteiger partial charge in [-0.05, 0) is 24.7 Å². The molecule has 2 N–H and O–H groups in total. The number of likely N-dealkylation sites (N-methyl/N-ethyl adjacent to an activating group) is 1. The summed E-state index contributed by atoms with van der Waals surface area (Å²) >= 11 is 0. The van der Waals surface area contributed by atoms with Gasteiger partial charge in [0.1, 0.15) is 0 Å². The van der Waals surface area contributed by atoms with Crippen LogP contribution in [0, 0.1) is 11.8 Å². The van der Waals surface area contributed by atoms with E-state index in [-0.39, 0.29) is 17.9 Å². The quantitative estimate of drug-likeness (QED) is 0.703. The van der Waals surface area contributed by atoms with E-state index in [9.17, 15) is 4.79 Å². The Balaban J connectivity index is 2.35. The van der Waals surface area contributed by atoms with Crippen LogP contribution in [-0.2, 0) is 4.79 Å². The van der Waals surface area contributed by atoms with Crippen molar-refractivity contribution in [2.24, 2.45) is 17.6 Å². The van der Waals surface area contributed by atoms with E-state index in [1.807, 2.05) is 20.9 Å². The lowest BCUT2D eigenvalue weighted by Gasteiger charge is -2.23. The summed E-state index contributed by atoms with van der Waals surface area (Å²) in [7, 11) is 1.85. The zero-order valence-electron chi connectivity index (χ0n) is 8.79. The van der Waals surface area contributed by atoms with Crippen LogP contribution in [-0.4, -0.2) is 30.4 Å². The molecule has 76 valence electrons. The fraction of sp³-hybridized carbons (Fsp3) is 0.900. The Morgan fingerprint density at radius 2 is 2.08 bits per heavy atom. The van der Waals surface area contributed by atoms with Gasteiger partial charge in [0, 0.05) is 13.6 Å². The normalized spacial score (nSPS) is 18.8. The van der Waals surface area contributed by atoms with Crippen LogP contribution in [0.2, 0.25) is 0 Å². The Labute approximate surface area is 80.3 Å². The van der Waals surface area contributed by atoms with Crippen molar-refractivity contribution in [3.8, 4) is 0 Å². The van der Waals surface area contributed by atoms with Crippen molar-refractivity contribution >= 4 is 5.91 Å². The third-order valence-corrected chi connectivity index (χ3v) is 2.61. The zero-order valence-corrected chi connectivity index (χ0v) is 8.79. The molecule has 0 spiro atoms. The number of nitrogens with two attached hydrogens (primary N) is 1. The molecule has 1 aliphatic rings. The van der Waals surface area contributed by atoms with Crippen LogP contribution < -0.4 is 5.73 Å². The molecule has 0 aromatic heterocycles. The fourth-order valence-electron chi connectivity index (χ4n) is 1.32. The number of hydrogen-bond donors (Lipinski definition) is 1. The molecule has 0 aliphatic heterocycles. The summed E-state index contributed by atoms with van der Waals surface area (Å²) in [4.78, 5) is 13.4. The summed E-state index contributed by atoms with van der Waals surface area (Å²) in [6.07, 6.45) is 2.54. The maximum absolute atomic E-state index is 11.6. The highest BCUT2D eigenvalue weighted by molar-refractivity contribution is 5.81. The van der Waals surface area contributed by atoms with Gasteiger partial charge in [-0.1, -0.05) is 13.8 Å². The number of carbonyl (C=O) groups excluding carboxylic acids is 1.